The molecule has 0 amide bonds. The molecule has 1 aromatic heterocycles. The first kappa shape index (κ1) is 18.2. The Kier molecular flexibility index (Phi) is 5.52. The van der Waals surface area contributed by atoms with Gasteiger partial charge < -0.3 is 20.3 Å². The van der Waals surface area contributed by atoms with Crippen LogP contribution in [-0.2, 0) is 11.2 Å². The molecule has 0 atom stereocenters. The van der Waals surface area contributed by atoms with Gasteiger partial charge in [0.2, 0.25) is 0 Å². The van der Waals surface area contributed by atoms with Crippen LogP contribution in [0.25, 0.3) is 10.2 Å². The molecule has 1 saturated heterocycles. The lowest BCUT2D eigenvalue weighted by Gasteiger charge is -2.25. The zero-order chi connectivity index (χ0) is 18.6. The fourth-order valence-corrected chi connectivity index (χ4v) is 4.33. The second-order valence-corrected chi connectivity index (χ2v) is 7.83. The fourth-order valence-electron chi connectivity index (χ4n) is 3.04. The van der Waals surface area contributed by atoms with Crippen molar-refractivity contribution >= 4 is 55.4 Å². The third-order valence-electron chi connectivity index (χ3n) is 4.51. The highest BCUT2D eigenvalue weighted by Crippen LogP contribution is 2.31. The van der Waals surface area contributed by atoms with Crippen molar-refractivity contribution in [2.24, 2.45) is 0 Å². The highest BCUT2D eigenvalue weighted by Gasteiger charge is 2.15. The number of rotatable bonds is 4. The molecule has 140 valence electrons. The minimum atomic E-state index is 0.584. The molecule has 0 saturated carbocycles. The van der Waals surface area contributed by atoms with Crippen LogP contribution in [0.1, 0.15) is 12.5 Å². The number of benzene rings is 2. The highest BCUT2D eigenvalue weighted by molar-refractivity contribution is 7.80. The molecule has 3 aromatic rings. The molecule has 7 heteroatoms. The summed E-state index contributed by atoms with van der Waals surface area (Å²) in [5.41, 5.74) is 4.26. The van der Waals surface area contributed by atoms with E-state index in [0.29, 0.717) is 5.11 Å². The Hall–Kier alpha value is -2.22. The standard InChI is InChI=1S/C20H22N4OS2/c1-2-14-4-3-5-15(12-14)21-19(26)22-16-6-7-17-18(13-16)27-20(23-17)24-8-10-25-11-9-24/h3-7,12-13H,2,8-11H2,1H3,(H2,21,22,26). The Bertz CT molecular complexity index is 950. The van der Waals surface area contributed by atoms with Crippen molar-refractivity contribution in [2.75, 3.05) is 41.8 Å². The topological polar surface area (TPSA) is 49.4 Å². The van der Waals surface area contributed by atoms with E-state index in [1.165, 1.54) is 5.56 Å². The van der Waals surface area contributed by atoms with Gasteiger partial charge in [0.25, 0.3) is 0 Å². The summed E-state index contributed by atoms with van der Waals surface area (Å²) >= 11 is 7.18. The molecule has 1 aliphatic heterocycles. The average molecular weight is 399 g/mol. The molecule has 0 aliphatic carbocycles. The van der Waals surface area contributed by atoms with Crippen molar-refractivity contribution in [1.29, 1.82) is 0 Å². The number of anilines is 3. The highest BCUT2D eigenvalue weighted by atomic mass is 32.1. The van der Waals surface area contributed by atoms with Crippen molar-refractivity contribution in [1.82, 2.24) is 4.98 Å². The van der Waals surface area contributed by atoms with E-state index in [1.54, 1.807) is 11.3 Å². The summed E-state index contributed by atoms with van der Waals surface area (Å²) in [5, 5.41) is 8.17. The zero-order valence-corrected chi connectivity index (χ0v) is 16.8. The quantitative estimate of drug-likeness (QED) is 0.631. The smallest absolute Gasteiger partial charge is 0.186 e. The van der Waals surface area contributed by atoms with E-state index < -0.39 is 0 Å². The van der Waals surface area contributed by atoms with Crippen LogP contribution in [0.3, 0.4) is 0 Å². The molecule has 0 unspecified atom stereocenters. The molecular formula is C20H22N4OS2. The molecule has 2 aromatic carbocycles. The molecule has 4 rings (SSSR count). The Morgan fingerprint density at radius 2 is 1.93 bits per heavy atom. The number of ether oxygens (including phenoxy) is 1. The summed E-state index contributed by atoms with van der Waals surface area (Å²) < 4.78 is 6.58. The van der Waals surface area contributed by atoms with Gasteiger partial charge in [0.15, 0.2) is 10.2 Å². The summed E-state index contributed by atoms with van der Waals surface area (Å²) in [6.45, 7) is 5.47. The maximum absolute atomic E-state index is 5.47. The molecule has 2 heterocycles. The summed E-state index contributed by atoms with van der Waals surface area (Å²) in [5.74, 6) is 0. The molecule has 0 radical (unpaired) electrons. The van der Waals surface area contributed by atoms with E-state index in [2.05, 4.69) is 40.7 Å². The van der Waals surface area contributed by atoms with Crippen LogP contribution < -0.4 is 15.5 Å². The number of nitrogens with zero attached hydrogens (tertiary/aromatic N) is 2. The minimum Gasteiger partial charge on any atom is -0.378 e. The number of aromatic nitrogens is 1. The number of thiazole rings is 1. The van der Waals surface area contributed by atoms with Gasteiger partial charge in [0.1, 0.15) is 0 Å². The number of morpholine rings is 1. The first-order valence-corrected chi connectivity index (χ1v) is 10.3. The van der Waals surface area contributed by atoms with Crippen LogP contribution >= 0.6 is 23.6 Å². The fraction of sp³-hybridized carbons (Fsp3) is 0.300. The van der Waals surface area contributed by atoms with Gasteiger partial charge in [-0.25, -0.2) is 4.98 Å². The lowest BCUT2D eigenvalue weighted by molar-refractivity contribution is 0.122. The molecule has 5 nitrogen and oxygen atoms in total. The summed E-state index contributed by atoms with van der Waals surface area (Å²) in [7, 11) is 0. The number of thiocarbonyl (C=S) groups is 1. The minimum absolute atomic E-state index is 0.584. The third kappa shape index (κ3) is 4.37. The zero-order valence-electron chi connectivity index (χ0n) is 15.2. The van der Waals surface area contributed by atoms with E-state index >= 15 is 0 Å². The number of hydrogen-bond donors (Lipinski definition) is 2. The number of fused-ring (bicyclic) bond motifs is 1. The van der Waals surface area contributed by atoms with Crippen LogP contribution in [0.2, 0.25) is 0 Å². The summed E-state index contributed by atoms with van der Waals surface area (Å²) in [4.78, 5) is 7.04. The monoisotopic (exact) mass is 398 g/mol. The SMILES string of the molecule is CCc1cccc(NC(=S)Nc2ccc3nc(N4CCOCC4)sc3c2)c1. The van der Waals surface area contributed by atoms with Gasteiger partial charge in [-0.1, -0.05) is 30.4 Å². The number of nitrogens with one attached hydrogen (secondary N) is 2. The molecule has 0 spiro atoms. The van der Waals surface area contributed by atoms with Crippen molar-refractivity contribution in [3.8, 4) is 0 Å². The van der Waals surface area contributed by atoms with Crippen LogP contribution in [0.4, 0.5) is 16.5 Å². The van der Waals surface area contributed by atoms with E-state index in [1.807, 2.05) is 24.3 Å². The van der Waals surface area contributed by atoms with Gasteiger partial charge in [-0.05, 0) is 54.5 Å². The van der Waals surface area contributed by atoms with Gasteiger partial charge in [-0.3, -0.25) is 0 Å². The van der Waals surface area contributed by atoms with Crippen LogP contribution in [-0.4, -0.2) is 36.4 Å². The Labute approximate surface area is 168 Å². The first-order valence-electron chi connectivity index (χ1n) is 9.11. The normalized spacial score (nSPS) is 14.3. The van der Waals surface area contributed by atoms with Gasteiger partial charge in [0.05, 0.1) is 23.4 Å². The van der Waals surface area contributed by atoms with Crippen molar-refractivity contribution < 1.29 is 4.74 Å². The second-order valence-electron chi connectivity index (χ2n) is 6.41. The predicted molar refractivity (Wildman–Crippen MR) is 118 cm³/mol. The molecule has 1 fully saturated rings. The van der Waals surface area contributed by atoms with Crippen LogP contribution in [0.5, 0.6) is 0 Å². The van der Waals surface area contributed by atoms with Gasteiger partial charge in [-0.15, -0.1) is 0 Å². The molecule has 2 N–H and O–H groups in total. The molecule has 1 aliphatic rings. The van der Waals surface area contributed by atoms with E-state index in [0.717, 1.165) is 59.4 Å². The average Bonchev–Trinajstić information content (AvgIpc) is 3.12. The lowest BCUT2D eigenvalue weighted by atomic mass is 10.1. The van der Waals surface area contributed by atoms with Crippen molar-refractivity contribution in [2.45, 2.75) is 13.3 Å². The maximum atomic E-state index is 5.47. The van der Waals surface area contributed by atoms with Gasteiger partial charge in [-0.2, -0.15) is 0 Å². The van der Waals surface area contributed by atoms with Gasteiger partial charge >= 0.3 is 0 Å². The summed E-state index contributed by atoms with van der Waals surface area (Å²) in [6, 6.07) is 14.5. The first-order chi connectivity index (χ1) is 13.2. The predicted octanol–water partition coefficient (Wildman–Crippen LogP) is 4.50. The van der Waals surface area contributed by atoms with Crippen molar-refractivity contribution in [3.05, 3.63) is 48.0 Å². The second kappa shape index (κ2) is 8.21. The summed E-state index contributed by atoms with van der Waals surface area (Å²) in [6.07, 6.45) is 1.00. The van der Waals surface area contributed by atoms with E-state index in [4.69, 9.17) is 21.9 Å². The van der Waals surface area contributed by atoms with Crippen LogP contribution in [0, 0.1) is 0 Å². The number of aryl methyl sites for hydroxylation is 1. The van der Waals surface area contributed by atoms with Gasteiger partial charge in [0, 0.05) is 24.5 Å². The maximum Gasteiger partial charge on any atom is 0.186 e. The van der Waals surface area contributed by atoms with Crippen LogP contribution in [0.15, 0.2) is 42.5 Å². The van der Waals surface area contributed by atoms with E-state index in [-0.39, 0.29) is 0 Å². The third-order valence-corrected chi connectivity index (χ3v) is 5.79. The molecule has 27 heavy (non-hydrogen) atoms. The Morgan fingerprint density at radius 1 is 1.15 bits per heavy atom. The lowest BCUT2D eigenvalue weighted by Crippen LogP contribution is -2.36. The Balaban J connectivity index is 1.45. The molecule has 0 bridgehead atoms. The number of hydrogen-bond acceptors (Lipinski definition) is 5. The van der Waals surface area contributed by atoms with Crippen molar-refractivity contribution in [3.63, 3.8) is 0 Å². The van der Waals surface area contributed by atoms with E-state index in [9.17, 15) is 0 Å². The Morgan fingerprint density at radius 3 is 2.70 bits per heavy atom. The molecular weight excluding hydrogens is 376 g/mol. The largest absolute Gasteiger partial charge is 0.378 e.